The third-order valence-corrected chi connectivity index (χ3v) is 15.8. The molecule has 9 aromatic rings. The average Bonchev–Trinajstić information content (AvgIpc) is 3.67. The summed E-state index contributed by atoms with van der Waals surface area (Å²) in [5.74, 6) is 3.45. The molecule has 0 N–H and O–H groups in total. The highest BCUT2D eigenvalue weighted by atomic mass is 16.5. The molecular formula is C64H60B2N2O3. The van der Waals surface area contributed by atoms with Crippen molar-refractivity contribution in [1.82, 2.24) is 0 Å². The summed E-state index contributed by atoms with van der Waals surface area (Å²) in [6, 6.07) is 54.4. The Hall–Kier alpha value is -7.11. The van der Waals surface area contributed by atoms with Crippen LogP contribution in [0.15, 0.2) is 150 Å². The topological polar surface area (TPSA) is 38.1 Å². The van der Waals surface area contributed by atoms with Gasteiger partial charge < -0.3 is 23.7 Å². The van der Waals surface area contributed by atoms with Gasteiger partial charge in [0.15, 0.2) is 0 Å². The van der Waals surface area contributed by atoms with Crippen molar-refractivity contribution in [3.63, 3.8) is 0 Å². The fourth-order valence-corrected chi connectivity index (χ4v) is 11.8. The van der Waals surface area contributed by atoms with Crippen LogP contribution < -0.4 is 52.1 Å². The number of fused-ring (bicyclic) bond motifs is 11. The lowest BCUT2D eigenvalue weighted by atomic mass is 9.33. The van der Waals surface area contributed by atoms with Crippen molar-refractivity contribution in [2.45, 2.75) is 105 Å². The van der Waals surface area contributed by atoms with Crippen molar-refractivity contribution in [3.8, 4) is 23.0 Å². The standard InChI is InChI=1S/C64H60B2N2O3/c1-61(2,3)37-23-25-45-49(27-37)67(41-19-15-13-16-20-41)51-29-39(63(7,8)9)31-57-59(51)65(45)47-33-43-44-34-48-56(36-54(44)69-53(43)35-55(47)70-57)71-58-32-40(64(10,11)12)30-52-60(58)66(48)46-26-24-38(62(4,5)6)28-50(46)68(52)42-21-17-14-18-22-42/h13-36H,1-12H3. The van der Waals surface area contributed by atoms with Crippen LogP contribution in [0.25, 0.3) is 21.9 Å². The first kappa shape index (κ1) is 43.9. The van der Waals surface area contributed by atoms with Gasteiger partial charge in [-0.2, -0.15) is 0 Å². The molecule has 5 nitrogen and oxygen atoms in total. The Morgan fingerprint density at radius 1 is 0.338 bits per heavy atom. The molecule has 4 aliphatic rings. The monoisotopic (exact) mass is 926 g/mol. The van der Waals surface area contributed by atoms with Gasteiger partial charge in [0, 0.05) is 57.0 Å². The molecule has 71 heavy (non-hydrogen) atoms. The van der Waals surface area contributed by atoms with Crippen molar-refractivity contribution in [2.24, 2.45) is 0 Å². The molecule has 0 spiro atoms. The van der Waals surface area contributed by atoms with E-state index in [1.165, 1.54) is 55.5 Å². The highest BCUT2D eigenvalue weighted by Crippen LogP contribution is 2.48. The minimum absolute atomic E-state index is 0.0435. The lowest BCUT2D eigenvalue weighted by Crippen LogP contribution is -2.59. The second kappa shape index (κ2) is 14.7. The number of furan rings is 1. The van der Waals surface area contributed by atoms with Gasteiger partial charge in [-0.3, -0.25) is 0 Å². The van der Waals surface area contributed by atoms with Gasteiger partial charge in [0.2, 0.25) is 0 Å². The second-order valence-corrected chi connectivity index (χ2v) is 24.6. The molecule has 0 unspecified atom stereocenters. The lowest BCUT2D eigenvalue weighted by molar-refractivity contribution is 0.482. The van der Waals surface area contributed by atoms with E-state index < -0.39 is 0 Å². The average molecular weight is 927 g/mol. The van der Waals surface area contributed by atoms with E-state index in [2.05, 4.69) is 238 Å². The van der Waals surface area contributed by atoms with Crippen molar-refractivity contribution in [2.75, 3.05) is 9.80 Å². The molecule has 4 aliphatic heterocycles. The quantitative estimate of drug-likeness (QED) is 0.162. The molecule has 7 heteroatoms. The maximum absolute atomic E-state index is 7.18. The van der Waals surface area contributed by atoms with Gasteiger partial charge in [-0.1, -0.05) is 156 Å². The predicted octanol–water partition coefficient (Wildman–Crippen LogP) is 13.6. The fourth-order valence-electron chi connectivity index (χ4n) is 11.8. The van der Waals surface area contributed by atoms with Crippen LogP contribution in [0.3, 0.4) is 0 Å². The molecule has 350 valence electrons. The van der Waals surface area contributed by atoms with Crippen molar-refractivity contribution in [3.05, 3.63) is 168 Å². The fraction of sp³-hybridized carbons (Fsp3) is 0.250. The van der Waals surface area contributed by atoms with E-state index in [-0.39, 0.29) is 35.1 Å². The van der Waals surface area contributed by atoms with Gasteiger partial charge >= 0.3 is 0 Å². The SMILES string of the molecule is CC(C)(C)c1ccc2c(c1)N(c1ccccc1)c1cc(C(C)(C)C)cc3c1B2c1cc2c(cc1O3)oc1cc3c(cc12)B1c2ccc(C(C)(C)C)cc2N(c2ccccc2)c2cc(C(C)(C)C)cc(c21)O3. The highest BCUT2D eigenvalue weighted by Gasteiger charge is 2.46. The maximum Gasteiger partial charge on any atom is 0.256 e. The molecule has 0 saturated heterocycles. The van der Waals surface area contributed by atoms with Crippen LogP contribution in [0.5, 0.6) is 23.0 Å². The number of anilines is 6. The summed E-state index contributed by atoms with van der Waals surface area (Å²) in [5, 5.41) is 2.14. The summed E-state index contributed by atoms with van der Waals surface area (Å²) >= 11 is 0. The summed E-state index contributed by atoms with van der Waals surface area (Å²) < 4.78 is 21.3. The summed E-state index contributed by atoms with van der Waals surface area (Å²) in [6.07, 6.45) is 0. The largest absolute Gasteiger partial charge is 0.458 e. The normalized spacial score (nSPS) is 14.6. The number of hydrogen-bond acceptors (Lipinski definition) is 5. The van der Waals surface area contributed by atoms with E-state index in [1.807, 2.05) is 0 Å². The molecule has 0 atom stereocenters. The van der Waals surface area contributed by atoms with E-state index in [0.29, 0.717) is 0 Å². The number of rotatable bonds is 2. The van der Waals surface area contributed by atoms with Crippen LogP contribution in [0.1, 0.15) is 105 Å². The smallest absolute Gasteiger partial charge is 0.256 e. The third-order valence-electron chi connectivity index (χ3n) is 15.8. The molecule has 5 heterocycles. The number of hydrogen-bond donors (Lipinski definition) is 0. The maximum atomic E-state index is 7.18. The summed E-state index contributed by atoms with van der Waals surface area (Å²) in [5.41, 5.74) is 20.5. The van der Waals surface area contributed by atoms with Crippen molar-refractivity contribution < 1.29 is 13.9 Å². The van der Waals surface area contributed by atoms with Gasteiger partial charge in [0.05, 0.1) is 0 Å². The number of para-hydroxylation sites is 2. The van der Waals surface area contributed by atoms with Crippen molar-refractivity contribution in [1.29, 1.82) is 0 Å². The van der Waals surface area contributed by atoms with Gasteiger partial charge in [-0.15, -0.1) is 0 Å². The van der Waals surface area contributed by atoms with Crippen LogP contribution in [-0.4, -0.2) is 13.4 Å². The highest BCUT2D eigenvalue weighted by molar-refractivity contribution is 7.00. The Labute approximate surface area is 419 Å². The Balaban J connectivity index is 1.05. The zero-order chi connectivity index (χ0) is 49.3. The molecular weight excluding hydrogens is 866 g/mol. The minimum Gasteiger partial charge on any atom is -0.458 e. The van der Waals surface area contributed by atoms with Crippen LogP contribution in [0.2, 0.25) is 0 Å². The van der Waals surface area contributed by atoms with Crippen molar-refractivity contribution >= 4 is 102 Å². The number of ether oxygens (including phenoxy) is 2. The molecule has 0 saturated carbocycles. The second-order valence-electron chi connectivity index (χ2n) is 24.6. The Bertz CT molecular complexity index is 3470. The zero-order valence-corrected chi connectivity index (χ0v) is 43.1. The number of benzene rings is 8. The van der Waals surface area contributed by atoms with Gasteiger partial charge in [0.25, 0.3) is 13.4 Å². The first-order valence-corrected chi connectivity index (χ1v) is 25.5. The van der Waals surface area contributed by atoms with Crippen LogP contribution in [0.4, 0.5) is 34.1 Å². The Kier molecular flexibility index (Phi) is 9.10. The molecule has 1 aromatic heterocycles. The molecule has 8 aromatic carbocycles. The molecule has 0 radical (unpaired) electrons. The van der Waals surface area contributed by atoms with Gasteiger partial charge in [-0.25, -0.2) is 0 Å². The van der Waals surface area contributed by atoms with Gasteiger partial charge in [-0.05, 0) is 137 Å². The summed E-state index contributed by atoms with van der Waals surface area (Å²) in [7, 11) is 0. The Morgan fingerprint density at radius 2 is 0.704 bits per heavy atom. The van der Waals surface area contributed by atoms with Gasteiger partial charge in [0.1, 0.15) is 34.2 Å². The van der Waals surface area contributed by atoms with E-state index in [9.17, 15) is 0 Å². The third kappa shape index (κ3) is 6.68. The minimum atomic E-state index is -0.118. The molecule has 0 bridgehead atoms. The lowest BCUT2D eigenvalue weighted by Gasteiger charge is -2.41. The molecule has 0 aliphatic carbocycles. The zero-order valence-electron chi connectivity index (χ0n) is 43.1. The first-order chi connectivity index (χ1) is 33.7. The van der Waals surface area contributed by atoms with Crippen LogP contribution in [-0.2, 0) is 21.7 Å². The van der Waals surface area contributed by atoms with E-state index >= 15 is 0 Å². The van der Waals surface area contributed by atoms with Crippen LogP contribution >= 0.6 is 0 Å². The summed E-state index contributed by atoms with van der Waals surface area (Å²) in [6.45, 7) is 27.4. The van der Waals surface area contributed by atoms with Crippen LogP contribution in [0, 0.1) is 0 Å². The number of nitrogens with zero attached hydrogens (tertiary/aromatic N) is 2. The molecule has 13 rings (SSSR count). The summed E-state index contributed by atoms with van der Waals surface area (Å²) in [4.78, 5) is 4.95. The van der Waals surface area contributed by atoms with E-state index in [1.54, 1.807) is 0 Å². The first-order valence-electron chi connectivity index (χ1n) is 25.5. The predicted molar refractivity (Wildman–Crippen MR) is 300 cm³/mol. The molecule has 0 amide bonds. The van der Waals surface area contributed by atoms with E-state index in [4.69, 9.17) is 13.9 Å². The van der Waals surface area contributed by atoms with E-state index in [0.717, 1.165) is 78.6 Å². The Morgan fingerprint density at radius 3 is 1.07 bits per heavy atom. The molecule has 0 fully saturated rings.